The van der Waals surface area contributed by atoms with Crippen LogP contribution in [0.5, 0.6) is 0 Å². The van der Waals surface area contributed by atoms with E-state index in [1.807, 2.05) is 12.1 Å². The minimum absolute atomic E-state index is 0.0441. The van der Waals surface area contributed by atoms with Gasteiger partial charge in [0.1, 0.15) is 5.82 Å². The number of hydrogen-bond acceptors (Lipinski definition) is 5. The van der Waals surface area contributed by atoms with Gasteiger partial charge in [-0.3, -0.25) is 4.68 Å². The molecule has 112 valence electrons. The number of nitrogen functional groups attached to an aromatic ring is 1. The molecule has 0 saturated carbocycles. The highest BCUT2D eigenvalue weighted by Crippen LogP contribution is 2.14. The molecule has 0 unspecified atom stereocenters. The van der Waals surface area contributed by atoms with Gasteiger partial charge in [0.25, 0.3) is 0 Å². The molecule has 6 N–H and O–H groups in total. The van der Waals surface area contributed by atoms with Crippen molar-refractivity contribution in [3.63, 3.8) is 0 Å². The molecule has 8 heteroatoms. The van der Waals surface area contributed by atoms with Crippen LogP contribution in [0.3, 0.4) is 0 Å². The van der Waals surface area contributed by atoms with E-state index >= 15 is 0 Å². The number of aryl methyl sites for hydroxylation is 1. The van der Waals surface area contributed by atoms with Gasteiger partial charge in [0.15, 0.2) is 5.69 Å². The second-order valence-corrected chi connectivity index (χ2v) is 4.70. The second kappa shape index (κ2) is 6.60. The van der Waals surface area contributed by atoms with Gasteiger partial charge in [-0.2, -0.15) is 0 Å². The average Bonchev–Trinajstić information content (AvgIpc) is 3.05. The largest absolute Gasteiger partial charge is 0.476 e. The first-order valence-electron chi connectivity index (χ1n) is 6.58. The number of nitrogens with zero attached hydrogens (tertiary/aromatic N) is 3. The number of nitrogens with one attached hydrogen (secondary N) is 1. The summed E-state index contributed by atoms with van der Waals surface area (Å²) in [4.78, 5) is 13.5. The molecule has 21 heavy (non-hydrogen) atoms. The van der Waals surface area contributed by atoms with Gasteiger partial charge < -0.3 is 21.6 Å². The Morgan fingerprint density at radius 2 is 2.29 bits per heavy atom. The summed E-state index contributed by atoms with van der Waals surface area (Å²) in [6, 6.07) is 1.87. The molecule has 2 rings (SSSR count). The van der Waals surface area contributed by atoms with E-state index in [1.54, 1.807) is 6.20 Å². The molecule has 0 aliphatic carbocycles. The van der Waals surface area contributed by atoms with Crippen molar-refractivity contribution >= 4 is 17.9 Å². The standard InChI is InChI=1S/C13H18N6O2/c14-10(7-9-4-5-16-12(9)15)3-1-2-6-19-8-11(13(20)21)17-18-19/h4-5,7-8,16H,1-3,6,14-15H2,(H,20,21)/b10-7-. The highest BCUT2D eigenvalue weighted by molar-refractivity contribution is 5.84. The molecule has 0 atom stereocenters. The molecular weight excluding hydrogens is 272 g/mol. The molecule has 0 spiro atoms. The van der Waals surface area contributed by atoms with Crippen LogP contribution in [-0.4, -0.2) is 31.1 Å². The zero-order valence-corrected chi connectivity index (χ0v) is 11.5. The van der Waals surface area contributed by atoms with E-state index in [-0.39, 0.29) is 5.69 Å². The normalized spacial score (nSPS) is 11.7. The molecule has 2 heterocycles. The highest BCUT2D eigenvalue weighted by Gasteiger charge is 2.07. The van der Waals surface area contributed by atoms with Crippen molar-refractivity contribution in [1.29, 1.82) is 0 Å². The number of carboxylic acid groups (broad SMARTS) is 1. The van der Waals surface area contributed by atoms with Gasteiger partial charge in [-0.15, -0.1) is 5.10 Å². The average molecular weight is 290 g/mol. The van der Waals surface area contributed by atoms with Crippen molar-refractivity contribution in [3.8, 4) is 0 Å². The van der Waals surface area contributed by atoms with Crippen LogP contribution >= 0.6 is 0 Å². The lowest BCUT2D eigenvalue weighted by molar-refractivity contribution is 0.0690. The summed E-state index contributed by atoms with van der Waals surface area (Å²) in [6.45, 7) is 0.611. The number of allylic oxidation sites excluding steroid dienone is 1. The predicted octanol–water partition coefficient (Wildman–Crippen LogP) is 1.06. The fraction of sp³-hybridized carbons (Fsp3) is 0.308. The first kappa shape index (κ1) is 14.6. The number of carboxylic acids is 1. The van der Waals surface area contributed by atoms with Crippen molar-refractivity contribution in [2.24, 2.45) is 5.73 Å². The maximum Gasteiger partial charge on any atom is 0.358 e. The zero-order valence-electron chi connectivity index (χ0n) is 11.5. The SMILES string of the molecule is N/C(=C\c1cc[nH]c1N)CCCCn1cc(C(=O)O)nn1. The van der Waals surface area contributed by atoms with Gasteiger partial charge in [0.05, 0.1) is 6.20 Å². The maximum atomic E-state index is 10.7. The van der Waals surface area contributed by atoms with Crippen LogP contribution in [0.25, 0.3) is 6.08 Å². The molecule has 0 amide bonds. The van der Waals surface area contributed by atoms with E-state index in [9.17, 15) is 4.79 Å². The number of nitrogens with two attached hydrogens (primary N) is 2. The summed E-state index contributed by atoms with van der Waals surface area (Å²) in [5, 5.41) is 16.0. The molecule has 0 aromatic carbocycles. The summed E-state index contributed by atoms with van der Waals surface area (Å²) in [7, 11) is 0. The summed E-state index contributed by atoms with van der Waals surface area (Å²) in [5.74, 6) is -0.473. The Morgan fingerprint density at radius 3 is 2.90 bits per heavy atom. The molecule has 2 aromatic rings. The highest BCUT2D eigenvalue weighted by atomic mass is 16.4. The summed E-state index contributed by atoms with van der Waals surface area (Å²) >= 11 is 0. The molecule has 2 aromatic heterocycles. The number of unbranched alkanes of at least 4 members (excludes halogenated alkanes) is 1. The Bertz CT molecular complexity index is 643. The van der Waals surface area contributed by atoms with Gasteiger partial charge in [-0.25, -0.2) is 4.79 Å². The van der Waals surface area contributed by atoms with E-state index in [0.29, 0.717) is 12.4 Å². The molecule has 8 nitrogen and oxygen atoms in total. The van der Waals surface area contributed by atoms with E-state index in [1.165, 1.54) is 10.9 Å². The molecule has 0 radical (unpaired) electrons. The number of hydrogen-bond donors (Lipinski definition) is 4. The topological polar surface area (TPSA) is 136 Å². The Morgan fingerprint density at radius 1 is 1.48 bits per heavy atom. The lowest BCUT2D eigenvalue weighted by Crippen LogP contribution is -2.01. The number of aromatic amines is 1. The van der Waals surface area contributed by atoms with Crippen LogP contribution in [0.15, 0.2) is 24.2 Å². The van der Waals surface area contributed by atoms with Gasteiger partial charge in [0, 0.05) is 24.0 Å². The number of carbonyl (C=O) groups is 1. The predicted molar refractivity (Wildman–Crippen MR) is 78.2 cm³/mol. The van der Waals surface area contributed by atoms with Gasteiger partial charge >= 0.3 is 5.97 Å². The van der Waals surface area contributed by atoms with Crippen LogP contribution in [0, 0.1) is 0 Å². The first-order valence-corrected chi connectivity index (χ1v) is 6.58. The van der Waals surface area contributed by atoms with Gasteiger partial charge in [-0.05, 0) is 31.4 Å². The third kappa shape index (κ3) is 4.10. The lowest BCUT2D eigenvalue weighted by atomic mass is 10.1. The second-order valence-electron chi connectivity index (χ2n) is 4.70. The lowest BCUT2D eigenvalue weighted by Gasteiger charge is -2.02. The van der Waals surface area contributed by atoms with Crippen molar-refractivity contribution in [2.45, 2.75) is 25.8 Å². The maximum absolute atomic E-state index is 10.7. The summed E-state index contributed by atoms with van der Waals surface area (Å²) in [6.07, 6.45) is 7.48. The Balaban J connectivity index is 1.75. The van der Waals surface area contributed by atoms with Gasteiger partial charge in [-0.1, -0.05) is 5.21 Å². The molecule has 0 aliphatic heterocycles. The van der Waals surface area contributed by atoms with Crippen LogP contribution in [0.1, 0.15) is 35.3 Å². The quantitative estimate of drug-likeness (QED) is 0.563. The minimum Gasteiger partial charge on any atom is -0.476 e. The third-order valence-electron chi connectivity index (χ3n) is 3.01. The van der Waals surface area contributed by atoms with Crippen molar-refractivity contribution in [3.05, 3.63) is 35.4 Å². The smallest absolute Gasteiger partial charge is 0.358 e. The van der Waals surface area contributed by atoms with Crippen LogP contribution in [-0.2, 0) is 6.54 Å². The Labute approximate surface area is 121 Å². The third-order valence-corrected chi connectivity index (χ3v) is 3.01. The van der Waals surface area contributed by atoms with E-state index < -0.39 is 5.97 Å². The molecular formula is C13H18N6O2. The fourth-order valence-corrected chi connectivity index (χ4v) is 1.90. The summed E-state index contributed by atoms with van der Waals surface area (Å²) < 4.78 is 1.52. The molecule has 0 bridgehead atoms. The first-order chi connectivity index (χ1) is 10.1. The number of H-pyrrole nitrogens is 1. The van der Waals surface area contributed by atoms with Crippen LogP contribution in [0.4, 0.5) is 5.82 Å². The number of rotatable bonds is 7. The Hall–Kier alpha value is -2.77. The molecule has 0 aliphatic rings. The monoisotopic (exact) mass is 290 g/mol. The van der Waals surface area contributed by atoms with E-state index in [2.05, 4.69) is 15.3 Å². The molecule has 0 fully saturated rings. The molecule has 0 saturated heterocycles. The zero-order chi connectivity index (χ0) is 15.2. The number of anilines is 1. The van der Waals surface area contributed by atoms with Crippen LogP contribution in [0.2, 0.25) is 0 Å². The minimum atomic E-state index is -1.07. The van der Waals surface area contributed by atoms with Gasteiger partial charge in [0.2, 0.25) is 0 Å². The fourth-order valence-electron chi connectivity index (χ4n) is 1.90. The van der Waals surface area contributed by atoms with Crippen molar-refractivity contribution in [2.75, 3.05) is 5.73 Å². The van der Waals surface area contributed by atoms with E-state index in [4.69, 9.17) is 16.6 Å². The van der Waals surface area contributed by atoms with Crippen molar-refractivity contribution in [1.82, 2.24) is 20.0 Å². The Kier molecular flexibility index (Phi) is 4.60. The summed E-state index contributed by atoms with van der Waals surface area (Å²) in [5.41, 5.74) is 13.3. The number of aromatic nitrogens is 4. The van der Waals surface area contributed by atoms with Crippen molar-refractivity contribution < 1.29 is 9.90 Å². The number of aromatic carboxylic acids is 1. The van der Waals surface area contributed by atoms with Crippen LogP contribution < -0.4 is 11.5 Å². The van der Waals surface area contributed by atoms with E-state index in [0.717, 1.165) is 30.5 Å².